The highest BCUT2D eigenvalue weighted by atomic mass is 16.5. The zero-order valence-electron chi connectivity index (χ0n) is 11.3. The monoisotopic (exact) mass is 266 g/mol. The van der Waals surface area contributed by atoms with Gasteiger partial charge in [-0.3, -0.25) is 4.79 Å². The van der Waals surface area contributed by atoms with Gasteiger partial charge in [0.05, 0.1) is 0 Å². The summed E-state index contributed by atoms with van der Waals surface area (Å²) in [5.74, 6) is 5.50. The number of unbranched alkanes of at least 4 members (excludes halogenated alkanes) is 1. The van der Waals surface area contributed by atoms with Crippen molar-refractivity contribution in [2.75, 3.05) is 25.2 Å². The molecule has 0 saturated heterocycles. The molecule has 0 unspecified atom stereocenters. The first-order valence-corrected chi connectivity index (χ1v) is 6.57. The maximum absolute atomic E-state index is 11.8. The van der Waals surface area contributed by atoms with E-state index in [1.54, 1.807) is 18.2 Å². The Balaban J connectivity index is 2.20. The van der Waals surface area contributed by atoms with Gasteiger partial charge in [0.15, 0.2) is 0 Å². The second-order valence-electron chi connectivity index (χ2n) is 4.13. The summed E-state index contributed by atoms with van der Waals surface area (Å²) in [7, 11) is 0. The molecule has 6 nitrogen and oxygen atoms in total. The van der Waals surface area contributed by atoms with E-state index in [4.69, 9.17) is 10.6 Å². The summed E-state index contributed by atoms with van der Waals surface area (Å²) in [6.07, 6.45) is 3.01. The molecule has 0 radical (unpaired) electrons. The fraction of sp³-hybridized carbons (Fsp3) is 0.538. The molecule has 0 saturated carbocycles. The topological polar surface area (TPSA) is 89.3 Å². The Morgan fingerprint density at radius 1 is 1.37 bits per heavy atom. The van der Waals surface area contributed by atoms with E-state index in [0.717, 1.165) is 25.9 Å². The summed E-state index contributed by atoms with van der Waals surface area (Å²) in [6, 6.07) is 5.07. The molecule has 0 fully saturated rings. The molecule has 6 heteroatoms. The molecule has 1 aromatic rings. The third-order valence-corrected chi connectivity index (χ3v) is 2.52. The normalized spacial score (nSPS) is 10.2. The average Bonchev–Trinajstić information content (AvgIpc) is 2.46. The van der Waals surface area contributed by atoms with Crippen molar-refractivity contribution in [3.8, 4) is 0 Å². The van der Waals surface area contributed by atoms with Crippen LogP contribution in [-0.4, -0.2) is 30.6 Å². The fourth-order valence-electron chi connectivity index (χ4n) is 1.46. The molecule has 0 aliphatic heterocycles. The lowest BCUT2D eigenvalue weighted by Crippen LogP contribution is -2.26. The van der Waals surface area contributed by atoms with Gasteiger partial charge in [0.25, 0.3) is 5.91 Å². The standard InChI is InChI=1S/C13H22N4O2/c1-2-3-9-19-10-5-8-15-13(18)11-6-4-7-12(16-11)17-14/h4,6-7H,2-3,5,8-10,14H2,1H3,(H,15,18)(H,16,17). The first-order valence-electron chi connectivity index (χ1n) is 6.57. The minimum absolute atomic E-state index is 0.203. The first-order chi connectivity index (χ1) is 9.27. The zero-order chi connectivity index (χ0) is 13.9. The fourth-order valence-corrected chi connectivity index (χ4v) is 1.46. The second kappa shape index (κ2) is 9.29. The Kier molecular flexibility index (Phi) is 7.53. The first kappa shape index (κ1) is 15.4. The third-order valence-electron chi connectivity index (χ3n) is 2.52. The van der Waals surface area contributed by atoms with Crippen molar-refractivity contribution in [3.63, 3.8) is 0 Å². The molecule has 1 rings (SSSR count). The molecule has 0 atom stereocenters. The lowest BCUT2D eigenvalue weighted by Gasteiger charge is -2.06. The van der Waals surface area contributed by atoms with Crippen LogP contribution in [0.25, 0.3) is 0 Å². The van der Waals surface area contributed by atoms with Gasteiger partial charge in [0.1, 0.15) is 11.5 Å². The number of pyridine rings is 1. The lowest BCUT2D eigenvalue weighted by molar-refractivity contribution is 0.0935. The van der Waals surface area contributed by atoms with Crippen molar-refractivity contribution in [1.82, 2.24) is 10.3 Å². The number of rotatable bonds is 9. The molecule has 0 aliphatic carbocycles. The van der Waals surface area contributed by atoms with Crippen molar-refractivity contribution < 1.29 is 9.53 Å². The van der Waals surface area contributed by atoms with E-state index in [1.807, 2.05) is 0 Å². The molecule has 0 spiro atoms. The number of anilines is 1. The highest BCUT2D eigenvalue weighted by Gasteiger charge is 2.06. The molecule has 0 aromatic carbocycles. The van der Waals surface area contributed by atoms with Crippen LogP contribution in [0.2, 0.25) is 0 Å². The highest BCUT2D eigenvalue weighted by Crippen LogP contribution is 2.02. The zero-order valence-corrected chi connectivity index (χ0v) is 11.3. The third kappa shape index (κ3) is 6.17. The number of carbonyl (C=O) groups is 1. The average molecular weight is 266 g/mol. The molecule has 0 aliphatic rings. The van der Waals surface area contributed by atoms with E-state index in [2.05, 4.69) is 22.7 Å². The van der Waals surface area contributed by atoms with E-state index in [9.17, 15) is 4.79 Å². The molecular formula is C13H22N4O2. The largest absolute Gasteiger partial charge is 0.381 e. The Hall–Kier alpha value is -1.66. The van der Waals surface area contributed by atoms with Crippen LogP contribution in [0, 0.1) is 0 Å². The van der Waals surface area contributed by atoms with Gasteiger partial charge in [0, 0.05) is 19.8 Å². The number of hydrazine groups is 1. The summed E-state index contributed by atoms with van der Waals surface area (Å²) < 4.78 is 5.40. The molecule has 19 heavy (non-hydrogen) atoms. The number of nitrogens with two attached hydrogens (primary N) is 1. The predicted octanol–water partition coefficient (Wildman–Crippen LogP) is 1.30. The number of hydrogen-bond donors (Lipinski definition) is 3. The van der Waals surface area contributed by atoms with Gasteiger partial charge >= 0.3 is 0 Å². The summed E-state index contributed by atoms with van der Waals surface area (Å²) in [6.45, 7) is 4.15. The van der Waals surface area contributed by atoms with Crippen molar-refractivity contribution in [2.45, 2.75) is 26.2 Å². The van der Waals surface area contributed by atoms with Crippen molar-refractivity contribution >= 4 is 11.7 Å². The van der Waals surface area contributed by atoms with Gasteiger partial charge in [-0.2, -0.15) is 0 Å². The van der Waals surface area contributed by atoms with Crippen molar-refractivity contribution in [3.05, 3.63) is 23.9 Å². The van der Waals surface area contributed by atoms with Gasteiger partial charge < -0.3 is 15.5 Å². The second-order valence-corrected chi connectivity index (χ2v) is 4.13. The lowest BCUT2D eigenvalue weighted by atomic mass is 10.3. The quantitative estimate of drug-likeness (QED) is 0.356. The number of amides is 1. The van der Waals surface area contributed by atoms with Crippen LogP contribution in [0.15, 0.2) is 18.2 Å². The summed E-state index contributed by atoms with van der Waals surface area (Å²) in [4.78, 5) is 15.8. The van der Waals surface area contributed by atoms with E-state index >= 15 is 0 Å². The number of nitrogen functional groups attached to an aromatic ring is 1. The Morgan fingerprint density at radius 2 is 2.16 bits per heavy atom. The van der Waals surface area contributed by atoms with E-state index in [-0.39, 0.29) is 5.91 Å². The maximum atomic E-state index is 11.8. The van der Waals surface area contributed by atoms with Crippen LogP contribution in [0.5, 0.6) is 0 Å². The number of nitrogens with zero attached hydrogens (tertiary/aromatic N) is 1. The van der Waals surface area contributed by atoms with Gasteiger partial charge in [-0.25, -0.2) is 10.8 Å². The van der Waals surface area contributed by atoms with E-state index < -0.39 is 0 Å². The van der Waals surface area contributed by atoms with Crippen LogP contribution >= 0.6 is 0 Å². The molecule has 106 valence electrons. The number of ether oxygens (including phenoxy) is 1. The van der Waals surface area contributed by atoms with Crippen molar-refractivity contribution in [1.29, 1.82) is 0 Å². The molecule has 0 bridgehead atoms. The smallest absolute Gasteiger partial charge is 0.269 e. The van der Waals surface area contributed by atoms with E-state index in [0.29, 0.717) is 24.7 Å². The Morgan fingerprint density at radius 3 is 2.89 bits per heavy atom. The van der Waals surface area contributed by atoms with Crippen LogP contribution in [0.4, 0.5) is 5.82 Å². The maximum Gasteiger partial charge on any atom is 0.269 e. The molecule has 1 heterocycles. The summed E-state index contributed by atoms with van der Waals surface area (Å²) >= 11 is 0. The minimum atomic E-state index is -0.203. The molecule has 1 aromatic heterocycles. The Labute approximate surface area is 113 Å². The summed E-state index contributed by atoms with van der Waals surface area (Å²) in [5, 5.41) is 2.79. The minimum Gasteiger partial charge on any atom is -0.381 e. The van der Waals surface area contributed by atoms with Crippen molar-refractivity contribution in [2.24, 2.45) is 5.84 Å². The number of carbonyl (C=O) groups excluding carboxylic acids is 1. The van der Waals surface area contributed by atoms with Crippen LogP contribution in [-0.2, 0) is 4.74 Å². The predicted molar refractivity (Wildman–Crippen MR) is 74.7 cm³/mol. The molecule has 1 amide bonds. The van der Waals surface area contributed by atoms with Gasteiger partial charge in [-0.15, -0.1) is 0 Å². The number of aromatic nitrogens is 1. The van der Waals surface area contributed by atoms with Crippen LogP contribution in [0.1, 0.15) is 36.7 Å². The number of nitrogens with one attached hydrogen (secondary N) is 2. The molecule has 4 N–H and O–H groups in total. The Bertz CT molecular complexity index is 385. The van der Waals surface area contributed by atoms with Gasteiger partial charge in [-0.05, 0) is 25.0 Å². The summed E-state index contributed by atoms with van der Waals surface area (Å²) in [5.41, 5.74) is 2.76. The van der Waals surface area contributed by atoms with Gasteiger partial charge in [-0.1, -0.05) is 19.4 Å². The highest BCUT2D eigenvalue weighted by molar-refractivity contribution is 5.92. The van der Waals surface area contributed by atoms with E-state index in [1.165, 1.54) is 0 Å². The molecular weight excluding hydrogens is 244 g/mol. The van der Waals surface area contributed by atoms with Crippen LogP contribution in [0.3, 0.4) is 0 Å². The van der Waals surface area contributed by atoms with Gasteiger partial charge in [0.2, 0.25) is 0 Å². The number of hydrogen-bond acceptors (Lipinski definition) is 5. The van der Waals surface area contributed by atoms with Crippen LogP contribution < -0.4 is 16.6 Å². The SMILES string of the molecule is CCCCOCCCNC(=O)c1cccc(NN)n1.